The highest BCUT2D eigenvalue weighted by molar-refractivity contribution is 7.80. The highest BCUT2D eigenvalue weighted by atomic mass is 32.1. The van der Waals surface area contributed by atoms with Crippen molar-refractivity contribution in [3.8, 4) is 5.69 Å². The average molecular weight is 467 g/mol. The second kappa shape index (κ2) is 9.07. The van der Waals surface area contributed by atoms with E-state index in [0.29, 0.717) is 0 Å². The Morgan fingerprint density at radius 1 is 0.912 bits per heavy atom. The molecule has 2 aromatic carbocycles. The van der Waals surface area contributed by atoms with Gasteiger partial charge >= 0.3 is 0 Å². The maximum atomic E-state index is 5.89. The standard InChI is InChI=1S/C29H30N4S/c1-19-13-14-20(2)26(16-19)33-21(3)17-24(22(33)4)28-27(25-12-8-9-15-30-25)31-29(34)32(28)18-23-10-6-5-7-11-23/h5-17,27-28H,18H2,1-4H3,(H,31,34)/t27-,28+/m1/s1. The Labute approximate surface area is 207 Å². The van der Waals surface area contributed by atoms with E-state index in [4.69, 9.17) is 17.2 Å². The van der Waals surface area contributed by atoms with E-state index in [1.54, 1.807) is 0 Å². The summed E-state index contributed by atoms with van der Waals surface area (Å²) >= 11 is 5.89. The van der Waals surface area contributed by atoms with Gasteiger partial charge < -0.3 is 14.8 Å². The maximum Gasteiger partial charge on any atom is 0.170 e. The summed E-state index contributed by atoms with van der Waals surface area (Å²) in [5, 5.41) is 4.36. The molecule has 172 valence electrons. The molecule has 0 bridgehead atoms. The van der Waals surface area contributed by atoms with E-state index >= 15 is 0 Å². The van der Waals surface area contributed by atoms with Crippen LogP contribution in [0.25, 0.3) is 5.69 Å². The number of benzene rings is 2. The minimum absolute atomic E-state index is 0.0232. The molecule has 1 aliphatic rings. The molecule has 1 N–H and O–H groups in total. The lowest BCUT2D eigenvalue weighted by Gasteiger charge is -2.28. The van der Waals surface area contributed by atoms with Crippen LogP contribution in [0, 0.1) is 27.7 Å². The first-order valence-electron chi connectivity index (χ1n) is 11.7. The molecule has 34 heavy (non-hydrogen) atoms. The summed E-state index contributed by atoms with van der Waals surface area (Å²) in [5.74, 6) is 0. The van der Waals surface area contributed by atoms with E-state index in [9.17, 15) is 0 Å². The van der Waals surface area contributed by atoms with Crippen molar-refractivity contribution in [3.63, 3.8) is 0 Å². The zero-order valence-electron chi connectivity index (χ0n) is 20.1. The molecule has 4 nitrogen and oxygen atoms in total. The highest BCUT2D eigenvalue weighted by Gasteiger charge is 2.41. The van der Waals surface area contributed by atoms with Crippen molar-refractivity contribution < 1.29 is 0 Å². The number of nitrogens with zero attached hydrogens (tertiary/aromatic N) is 3. The molecule has 5 rings (SSSR count). The van der Waals surface area contributed by atoms with E-state index in [1.165, 1.54) is 39.3 Å². The van der Waals surface area contributed by atoms with Gasteiger partial charge in [-0.15, -0.1) is 0 Å². The third-order valence-corrected chi connectivity index (χ3v) is 7.14. The minimum atomic E-state index is -0.0232. The first kappa shape index (κ1) is 22.4. The van der Waals surface area contributed by atoms with Crippen LogP contribution in [-0.2, 0) is 6.54 Å². The van der Waals surface area contributed by atoms with Gasteiger partial charge in [0.2, 0.25) is 0 Å². The quantitative estimate of drug-likeness (QED) is 0.351. The predicted octanol–water partition coefficient (Wildman–Crippen LogP) is 6.28. The molecule has 1 aliphatic heterocycles. The number of rotatable bonds is 5. The van der Waals surface area contributed by atoms with E-state index in [-0.39, 0.29) is 12.1 Å². The second-order valence-corrected chi connectivity index (χ2v) is 9.58. The zero-order valence-corrected chi connectivity index (χ0v) is 20.9. The van der Waals surface area contributed by atoms with Gasteiger partial charge in [-0.1, -0.05) is 48.5 Å². The van der Waals surface area contributed by atoms with Crippen LogP contribution in [-0.4, -0.2) is 19.6 Å². The van der Waals surface area contributed by atoms with Gasteiger partial charge in [-0.25, -0.2) is 0 Å². The van der Waals surface area contributed by atoms with Crippen LogP contribution in [0.4, 0.5) is 0 Å². The molecule has 4 aromatic rings. The summed E-state index contributed by atoms with van der Waals surface area (Å²) in [5.41, 5.74) is 9.73. The minimum Gasteiger partial charge on any atom is -0.352 e. The Morgan fingerprint density at radius 3 is 2.41 bits per heavy atom. The van der Waals surface area contributed by atoms with Crippen molar-refractivity contribution in [1.82, 2.24) is 19.8 Å². The summed E-state index contributed by atoms with van der Waals surface area (Å²) in [7, 11) is 0. The van der Waals surface area contributed by atoms with Crippen LogP contribution in [0.2, 0.25) is 0 Å². The maximum absolute atomic E-state index is 5.89. The fraction of sp³-hybridized carbons (Fsp3) is 0.241. The van der Waals surface area contributed by atoms with Gasteiger partial charge in [0.1, 0.15) is 0 Å². The van der Waals surface area contributed by atoms with Crippen LogP contribution in [0.1, 0.15) is 51.4 Å². The first-order valence-corrected chi connectivity index (χ1v) is 12.1. The molecule has 0 spiro atoms. The molecule has 0 saturated carbocycles. The smallest absolute Gasteiger partial charge is 0.170 e. The molecule has 2 aromatic heterocycles. The van der Waals surface area contributed by atoms with Gasteiger partial charge in [0.15, 0.2) is 5.11 Å². The molecular weight excluding hydrogens is 436 g/mol. The number of thiocarbonyl (C=S) groups is 1. The van der Waals surface area contributed by atoms with E-state index < -0.39 is 0 Å². The molecule has 1 saturated heterocycles. The Kier molecular flexibility index (Phi) is 5.96. The van der Waals surface area contributed by atoms with Crippen molar-refractivity contribution >= 4 is 17.3 Å². The summed E-state index contributed by atoms with van der Waals surface area (Å²) in [6.45, 7) is 9.49. The lowest BCUT2D eigenvalue weighted by molar-refractivity contribution is 0.310. The van der Waals surface area contributed by atoms with E-state index in [0.717, 1.165) is 17.4 Å². The van der Waals surface area contributed by atoms with Crippen LogP contribution >= 0.6 is 12.2 Å². The SMILES string of the molecule is Cc1ccc(C)c(-n2c(C)cc([C@H]3[C@@H](c4ccccn4)NC(=S)N3Cc3ccccc3)c2C)c1. The Hall–Kier alpha value is -3.44. The Balaban J connectivity index is 1.64. The fourth-order valence-electron chi connectivity index (χ4n) is 5.11. The van der Waals surface area contributed by atoms with Crippen molar-refractivity contribution in [2.24, 2.45) is 0 Å². The highest BCUT2D eigenvalue weighted by Crippen LogP contribution is 2.42. The van der Waals surface area contributed by atoms with Crippen molar-refractivity contribution in [3.05, 3.63) is 118 Å². The second-order valence-electron chi connectivity index (χ2n) is 9.19. The fourth-order valence-corrected chi connectivity index (χ4v) is 5.42. The van der Waals surface area contributed by atoms with E-state index in [2.05, 4.69) is 103 Å². The summed E-state index contributed by atoms with van der Waals surface area (Å²) in [6.07, 6.45) is 1.86. The van der Waals surface area contributed by atoms with Crippen molar-refractivity contribution in [2.45, 2.75) is 46.3 Å². The Bertz CT molecular complexity index is 1330. The molecule has 0 radical (unpaired) electrons. The Morgan fingerprint density at radius 2 is 1.68 bits per heavy atom. The molecular formula is C29H30N4S. The average Bonchev–Trinajstić information content (AvgIpc) is 3.31. The van der Waals surface area contributed by atoms with Crippen molar-refractivity contribution in [1.29, 1.82) is 0 Å². The van der Waals surface area contributed by atoms with Gasteiger partial charge in [-0.3, -0.25) is 4.98 Å². The molecule has 0 aliphatic carbocycles. The zero-order chi connectivity index (χ0) is 23.8. The van der Waals surface area contributed by atoms with Gasteiger partial charge in [-0.2, -0.15) is 0 Å². The summed E-state index contributed by atoms with van der Waals surface area (Å²) in [6, 6.07) is 25.6. The predicted molar refractivity (Wildman–Crippen MR) is 142 cm³/mol. The number of aromatic nitrogens is 2. The third kappa shape index (κ3) is 4.01. The molecule has 0 unspecified atom stereocenters. The summed E-state index contributed by atoms with van der Waals surface area (Å²) < 4.78 is 2.38. The number of nitrogens with one attached hydrogen (secondary N) is 1. The van der Waals surface area contributed by atoms with Gasteiger partial charge in [0.25, 0.3) is 0 Å². The molecule has 3 heterocycles. The van der Waals surface area contributed by atoms with Crippen LogP contribution < -0.4 is 5.32 Å². The topological polar surface area (TPSA) is 33.1 Å². The molecule has 0 amide bonds. The number of hydrogen-bond donors (Lipinski definition) is 1. The monoisotopic (exact) mass is 466 g/mol. The summed E-state index contributed by atoms with van der Waals surface area (Å²) in [4.78, 5) is 7.02. The third-order valence-electron chi connectivity index (χ3n) is 6.79. The normalized spacial score (nSPS) is 17.8. The number of pyridine rings is 1. The van der Waals surface area contributed by atoms with Crippen LogP contribution in [0.15, 0.2) is 79.0 Å². The number of aryl methyl sites for hydroxylation is 3. The lowest BCUT2D eigenvalue weighted by Crippen LogP contribution is -2.29. The van der Waals surface area contributed by atoms with Crippen LogP contribution in [0.3, 0.4) is 0 Å². The van der Waals surface area contributed by atoms with Gasteiger partial charge in [0.05, 0.1) is 17.8 Å². The van der Waals surface area contributed by atoms with Gasteiger partial charge in [-0.05, 0) is 86.4 Å². The van der Waals surface area contributed by atoms with Gasteiger partial charge in [0, 0.05) is 29.8 Å². The largest absolute Gasteiger partial charge is 0.352 e. The first-order chi connectivity index (χ1) is 16.4. The number of hydrogen-bond acceptors (Lipinski definition) is 2. The van der Waals surface area contributed by atoms with Crippen molar-refractivity contribution in [2.75, 3.05) is 0 Å². The molecule has 5 heteroatoms. The molecule has 2 atom stereocenters. The van der Waals surface area contributed by atoms with E-state index in [1.807, 2.05) is 18.3 Å². The molecule has 1 fully saturated rings. The van der Waals surface area contributed by atoms with Crippen LogP contribution in [0.5, 0.6) is 0 Å². The lowest BCUT2D eigenvalue weighted by atomic mass is 9.96.